The predicted octanol–water partition coefficient (Wildman–Crippen LogP) is 1.21. The Morgan fingerprint density at radius 3 is 2.50 bits per heavy atom. The molecule has 9 nitrogen and oxygen atoms in total. The Bertz CT molecular complexity index is 822. The SMILES string of the molecule is O=C(C1=NC=ICC/C=C\1)N1CCN(C(=O)C2=C(O)C([N+](=O)[O-])CC=C2)CC1. The smallest absolute Gasteiger partial charge is 0.273 e. The van der Waals surface area contributed by atoms with Crippen LogP contribution in [0.25, 0.3) is 0 Å². The molecule has 3 aliphatic rings. The number of hydrogen-bond donors (Lipinski definition) is 1. The van der Waals surface area contributed by atoms with Gasteiger partial charge in [-0.1, -0.05) is 12.2 Å². The van der Waals surface area contributed by atoms with Crippen LogP contribution in [0, 0.1) is 10.1 Å². The molecule has 0 spiro atoms. The van der Waals surface area contributed by atoms with E-state index in [0.717, 1.165) is 10.8 Å². The molecule has 10 heteroatoms. The zero-order valence-corrected chi connectivity index (χ0v) is 17.3. The Morgan fingerprint density at radius 2 is 1.82 bits per heavy atom. The summed E-state index contributed by atoms with van der Waals surface area (Å²) >= 11 is -0.110. The van der Waals surface area contributed by atoms with E-state index in [1.807, 2.05) is 10.2 Å². The molecule has 1 saturated heterocycles. The molecule has 0 aromatic carbocycles. The van der Waals surface area contributed by atoms with Crippen LogP contribution in [-0.4, -0.2) is 78.1 Å². The molecule has 1 N–H and O–H groups in total. The summed E-state index contributed by atoms with van der Waals surface area (Å²) in [6, 6.07) is -1.28. The molecule has 2 aliphatic heterocycles. The highest BCUT2D eigenvalue weighted by atomic mass is 127. The van der Waals surface area contributed by atoms with E-state index >= 15 is 0 Å². The van der Waals surface area contributed by atoms with Crippen LogP contribution in [0.5, 0.6) is 0 Å². The first kappa shape index (κ1) is 20.4. The number of rotatable bonds is 3. The molecule has 1 aliphatic carbocycles. The number of piperazine rings is 1. The van der Waals surface area contributed by atoms with Crippen molar-refractivity contribution in [3.63, 3.8) is 0 Å². The van der Waals surface area contributed by atoms with E-state index in [9.17, 15) is 24.8 Å². The zero-order chi connectivity index (χ0) is 20.1. The van der Waals surface area contributed by atoms with Crippen molar-refractivity contribution in [3.05, 3.63) is 45.8 Å². The van der Waals surface area contributed by atoms with Crippen LogP contribution in [0.1, 0.15) is 12.8 Å². The van der Waals surface area contributed by atoms with Gasteiger partial charge in [-0.25, -0.2) is 4.99 Å². The summed E-state index contributed by atoms with van der Waals surface area (Å²) in [6.07, 6.45) is 7.70. The number of aliphatic imine (C=N–C) groups is 1. The van der Waals surface area contributed by atoms with Gasteiger partial charge in [0.15, 0.2) is 5.76 Å². The fraction of sp³-hybridized carbons (Fsp3) is 0.444. The van der Waals surface area contributed by atoms with Crippen molar-refractivity contribution in [2.24, 2.45) is 4.99 Å². The molecule has 1 atom stereocenters. The standard InChI is InChI=1S/C18H21IN4O5/c24-16-13(4-3-6-15(16)23(27)28)17(25)21-8-10-22(11-9-21)18(26)14-5-1-2-7-19-12-20-14/h1,3-5,12,15,24H,2,6-11H2/b5-1-,20-14?. The number of aliphatic hydroxyl groups excluding tert-OH is 1. The Balaban J connectivity index is 1.64. The maximum atomic E-state index is 12.7. The molecule has 1 fully saturated rings. The second-order valence-corrected chi connectivity index (χ2v) is 8.99. The van der Waals surface area contributed by atoms with Gasteiger partial charge in [0.05, 0.1) is 9.71 Å². The Morgan fingerprint density at radius 1 is 1.14 bits per heavy atom. The van der Waals surface area contributed by atoms with Gasteiger partial charge in [-0.15, -0.1) is 20.7 Å². The number of allylic oxidation sites excluding steroid dienone is 1. The maximum Gasteiger partial charge on any atom is 0.273 e. The molecular weight excluding hydrogens is 479 g/mol. The van der Waals surface area contributed by atoms with Crippen molar-refractivity contribution < 1.29 is 19.6 Å². The fourth-order valence-corrected chi connectivity index (χ4v) is 4.62. The minimum absolute atomic E-state index is 0.0430. The average Bonchev–Trinajstić information content (AvgIpc) is 2.67. The summed E-state index contributed by atoms with van der Waals surface area (Å²) in [4.78, 5) is 43.2. The largest absolute Gasteiger partial charge is 0.505 e. The second kappa shape index (κ2) is 9.22. The highest BCUT2D eigenvalue weighted by Crippen LogP contribution is 2.22. The van der Waals surface area contributed by atoms with Crippen molar-refractivity contribution in [2.75, 3.05) is 30.6 Å². The van der Waals surface area contributed by atoms with Gasteiger partial charge in [-0.3, -0.25) is 19.7 Å². The van der Waals surface area contributed by atoms with Crippen molar-refractivity contribution in [3.8, 4) is 0 Å². The molecule has 2 heterocycles. The van der Waals surface area contributed by atoms with E-state index in [0.29, 0.717) is 31.9 Å². The van der Waals surface area contributed by atoms with Crippen LogP contribution < -0.4 is 0 Å². The number of hydrogen-bond acceptors (Lipinski definition) is 6. The number of halogens is 1. The topological polar surface area (TPSA) is 116 Å². The van der Waals surface area contributed by atoms with Crippen LogP contribution in [0.15, 0.2) is 40.6 Å². The quantitative estimate of drug-likeness (QED) is 0.271. The van der Waals surface area contributed by atoms with Crippen molar-refractivity contribution in [2.45, 2.75) is 18.9 Å². The lowest BCUT2D eigenvalue weighted by atomic mass is 9.99. The van der Waals surface area contributed by atoms with Gasteiger partial charge >= 0.3 is 0 Å². The molecule has 3 rings (SSSR count). The lowest BCUT2D eigenvalue weighted by Crippen LogP contribution is -2.52. The molecule has 0 saturated carbocycles. The minimum atomic E-state index is -1.28. The lowest BCUT2D eigenvalue weighted by Gasteiger charge is -2.35. The van der Waals surface area contributed by atoms with E-state index in [1.54, 1.807) is 11.0 Å². The Hall–Kier alpha value is -2.37. The number of carbonyl (C=O) groups excluding carboxylic acids is 2. The minimum Gasteiger partial charge on any atom is -0.505 e. The number of amides is 2. The molecule has 150 valence electrons. The monoisotopic (exact) mass is 500 g/mol. The Kier molecular flexibility index (Phi) is 6.70. The number of nitrogens with zero attached hydrogens (tertiary/aromatic N) is 4. The first-order chi connectivity index (χ1) is 13.5. The highest BCUT2D eigenvalue weighted by molar-refractivity contribution is 14.2. The summed E-state index contributed by atoms with van der Waals surface area (Å²) in [5, 5.41) is 21.1. The van der Waals surface area contributed by atoms with E-state index in [2.05, 4.69) is 4.99 Å². The number of aliphatic hydroxyl groups is 1. The summed E-state index contributed by atoms with van der Waals surface area (Å²) < 4.78 is 2.99. The van der Waals surface area contributed by atoms with Crippen LogP contribution in [0.3, 0.4) is 0 Å². The van der Waals surface area contributed by atoms with Crippen molar-refractivity contribution in [1.82, 2.24) is 9.80 Å². The lowest BCUT2D eigenvalue weighted by molar-refractivity contribution is -0.515. The molecule has 1 unspecified atom stereocenters. The molecular formula is C18H21IN4O5. The van der Waals surface area contributed by atoms with Crippen LogP contribution in [0.4, 0.5) is 0 Å². The fourth-order valence-electron chi connectivity index (χ4n) is 3.13. The summed E-state index contributed by atoms with van der Waals surface area (Å²) in [5.41, 5.74) is 0.377. The van der Waals surface area contributed by atoms with Gasteiger partial charge in [0.25, 0.3) is 17.9 Å². The van der Waals surface area contributed by atoms with E-state index in [4.69, 9.17) is 0 Å². The third-order valence-corrected chi connectivity index (χ3v) is 6.63. The van der Waals surface area contributed by atoms with Crippen LogP contribution in [0.2, 0.25) is 0 Å². The molecule has 0 aromatic rings. The average molecular weight is 500 g/mol. The predicted molar refractivity (Wildman–Crippen MR) is 113 cm³/mol. The van der Waals surface area contributed by atoms with Gasteiger partial charge in [-0.05, 0) is 23.0 Å². The molecule has 0 radical (unpaired) electrons. The van der Waals surface area contributed by atoms with Gasteiger partial charge in [0, 0.05) is 37.5 Å². The third kappa shape index (κ3) is 4.54. The maximum absolute atomic E-state index is 12.7. The molecule has 0 bridgehead atoms. The van der Waals surface area contributed by atoms with Crippen molar-refractivity contribution in [1.29, 1.82) is 0 Å². The summed E-state index contributed by atoms with van der Waals surface area (Å²) in [5.74, 6) is -1.10. The van der Waals surface area contributed by atoms with Crippen LogP contribution >= 0.6 is 20.7 Å². The molecule has 0 aromatic heterocycles. The Labute approximate surface area is 172 Å². The van der Waals surface area contributed by atoms with Gasteiger partial charge in [-0.2, -0.15) is 0 Å². The summed E-state index contributed by atoms with van der Waals surface area (Å²) in [7, 11) is 0. The first-order valence-electron chi connectivity index (χ1n) is 8.94. The normalized spacial score (nSPS) is 24.0. The van der Waals surface area contributed by atoms with Crippen molar-refractivity contribution >= 4 is 42.4 Å². The van der Waals surface area contributed by atoms with E-state index < -0.39 is 22.6 Å². The van der Waals surface area contributed by atoms with E-state index in [1.165, 1.54) is 17.1 Å². The van der Waals surface area contributed by atoms with Gasteiger partial charge < -0.3 is 14.9 Å². The highest BCUT2D eigenvalue weighted by Gasteiger charge is 2.34. The molecule has 2 amide bonds. The van der Waals surface area contributed by atoms with Gasteiger partial charge in [0.2, 0.25) is 0 Å². The molecule has 28 heavy (non-hydrogen) atoms. The van der Waals surface area contributed by atoms with E-state index in [-0.39, 0.29) is 38.6 Å². The second-order valence-electron chi connectivity index (χ2n) is 6.47. The number of carbonyl (C=O) groups is 2. The van der Waals surface area contributed by atoms with Gasteiger partial charge in [0.1, 0.15) is 5.71 Å². The number of alkyl halides is 1. The summed E-state index contributed by atoms with van der Waals surface area (Å²) in [6.45, 7) is 1.30. The third-order valence-electron chi connectivity index (χ3n) is 4.71. The first-order valence-corrected chi connectivity index (χ1v) is 11.7. The number of nitro groups is 1. The zero-order valence-electron chi connectivity index (χ0n) is 15.2. The van der Waals surface area contributed by atoms with Crippen LogP contribution in [-0.2, 0) is 9.59 Å².